The zero-order chi connectivity index (χ0) is 35.6. The molecule has 0 bridgehead atoms. The Morgan fingerprint density at radius 2 is 1.71 bits per heavy atom. The average Bonchev–Trinajstić information content (AvgIpc) is 3.28. The van der Waals surface area contributed by atoms with Gasteiger partial charge in [0.25, 0.3) is 0 Å². The van der Waals surface area contributed by atoms with Crippen molar-refractivity contribution in [1.29, 1.82) is 0 Å². The van der Waals surface area contributed by atoms with Crippen LogP contribution in [0.2, 0.25) is 0 Å². The molecule has 0 amide bonds. The van der Waals surface area contributed by atoms with E-state index in [2.05, 4.69) is 128 Å². The largest absolute Gasteiger partial charge is 0.344 e. The average molecular weight is 679 g/mol. The zero-order valence-corrected chi connectivity index (χ0v) is 32.8. The molecule has 1 aliphatic heterocycles. The number of allylic oxidation sites excluding steroid dienone is 9. The molecule has 2 aromatic carbocycles. The maximum Gasteiger partial charge on any atom is 0.0470 e. The predicted molar refractivity (Wildman–Crippen MR) is 218 cm³/mol. The van der Waals surface area contributed by atoms with Gasteiger partial charge in [-0.1, -0.05) is 132 Å². The molecule has 0 atom stereocenters. The van der Waals surface area contributed by atoms with Gasteiger partial charge in [0.2, 0.25) is 0 Å². The molecule has 0 saturated heterocycles. The summed E-state index contributed by atoms with van der Waals surface area (Å²) in [5.74, 6) is 0. The number of hydrogen-bond acceptors (Lipinski definition) is 2. The Bertz CT molecular complexity index is 1610. The SMILES string of the molecule is C=CCCCCCN1C(=CC=C2CCCC(C=CC(=NCCCCC)C(C)(C)c3cc(C)ccc3CC)=C2Cl)C(C)(C)c2cc(C)ccc21. The molecular formula is C46H63ClN2. The van der Waals surface area contributed by atoms with Crippen molar-refractivity contribution in [3.8, 4) is 0 Å². The fourth-order valence-corrected chi connectivity index (χ4v) is 7.89. The Morgan fingerprint density at radius 1 is 0.959 bits per heavy atom. The Balaban J connectivity index is 1.68. The third-order valence-electron chi connectivity index (χ3n) is 10.7. The fourth-order valence-electron chi connectivity index (χ4n) is 7.57. The number of halogens is 1. The summed E-state index contributed by atoms with van der Waals surface area (Å²) in [5.41, 5.74) is 12.9. The van der Waals surface area contributed by atoms with Crippen LogP contribution in [0.1, 0.15) is 134 Å². The smallest absolute Gasteiger partial charge is 0.0470 e. The molecule has 0 saturated carbocycles. The number of nitrogens with zero attached hydrogens (tertiary/aromatic N) is 2. The number of aryl methyl sites for hydroxylation is 3. The Kier molecular flexibility index (Phi) is 14.0. The summed E-state index contributed by atoms with van der Waals surface area (Å²) in [4.78, 5) is 7.82. The lowest BCUT2D eigenvalue weighted by atomic mass is 9.76. The van der Waals surface area contributed by atoms with Crippen LogP contribution in [-0.4, -0.2) is 18.8 Å². The van der Waals surface area contributed by atoms with E-state index in [1.54, 1.807) is 0 Å². The van der Waals surface area contributed by atoms with Crippen molar-refractivity contribution in [2.75, 3.05) is 18.0 Å². The number of unbranched alkanes of at least 4 members (excludes halogenated alkanes) is 5. The van der Waals surface area contributed by atoms with Crippen LogP contribution >= 0.6 is 11.6 Å². The molecule has 264 valence electrons. The van der Waals surface area contributed by atoms with Gasteiger partial charge < -0.3 is 4.90 Å². The highest BCUT2D eigenvalue weighted by atomic mass is 35.5. The quantitative estimate of drug-likeness (QED) is 0.0980. The molecule has 4 rings (SSSR count). The maximum absolute atomic E-state index is 7.28. The topological polar surface area (TPSA) is 15.6 Å². The van der Waals surface area contributed by atoms with Crippen LogP contribution < -0.4 is 4.90 Å². The van der Waals surface area contributed by atoms with Gasteiger partial charge in [0.15, 0.2) is 0 Å². The number of fused-ring (bicyclic) bond motifs is 1. The maximum atomic E-state index is 7.28. The van der Waals surface area contributed by atoms with E-state index >= 15 is 0 Å². The van der Waals surface area contributed by atoms with E-state index in [1.165, 1.54) is 82.5 Å². The van der Waals surface area contributed by atoms with E-state index in [9.17, 15) is 0 Å². The minimum atomic E-state index is -0.207. The van der Waals surface area contributed by atoms with Crippen LogP contribution in [0.15, 0.2) is 100 Å². The van der Waals surface area contributed by atoms with Crippen LogP contribution in [0.3, 0.4) is 0 Å². The summed E-state index contributed by atoms with van der Waals surface area (Å²) < 4.78 is 0. The van der Waals surface area contributed by atoms with E-state index in [0.717, 1.165) is 62.4 Å². The second-order valence-electron chi connectivity index (χ2n) is 15.3. The summed E-state index contributed by atoms with van der Waals surface area (Å²) in [6.07, 6.45) is 23.6. The van der Waals surface area contributed by atoms with E-state index in [-0.39, 0.29) is 10.8 Å². The fraction of sp³-hybridized carbons (Fsp3) is 0.500. The van der Waals surface area contributed by atoms with Gasteiger partial charge in [0.1, 0.15) is 0 Å². The van der Waals surface area contributed by atoms with Gasteiger partial charge in [-0.05, 0) is 111 Å². The standard InChI is InChI=1S/C46H63ClN2/c1-10-13-15-16-18-31-49-41-27-23-35(5)33-40(41)46(8,9)43(49)29-26-38-21-19-20-37(44(38)47)25-28-42(48-30-17-14-11-2)45(6,7)39-32-34(4)22-24-36(39)12-3/h10,22-29,32-33H,1,11-21,30-31H2,2-9H3. The van der Waals surface area contributed by atoms with Crippen molar-refractivity contribution in [3.63, 3.8) is 0 Å². The van der Waals surface area contributed by atoms with E-state index in [1.807, 2.05) is 6.08 Å². The lowest BCUT2D eigenvalue weighted by molar-refractivity contribution is 0.615. The second kappa shape index (κ2) is 17.7. The minimum Gasteiger partial charge on any atom is -0.344 e. The lowest BCUT2D eigenvalue weighted by Gasteiger charge is -2.29. The number of benzene rings is 2. The van der Waals surface area contributed by atoms with Gasteiger partial charge in [0, 0.05) is 46.0 Å². The van der Waals surface area contributed by atoms with Gasteiger partial charge in [-0.25, -0.2) is 0 Å². The number of rotatable bonds is 16. The van der Waals surface area contributed by atoms with Crippen LogP contribution in [0.5, 0.6) is 0 Å². The minimum absolute atomic E-state index is 0.0744. The van der Waals surface area contributed by atoms with Crippen molar-refractivity contribution < 1.29 is 0 Å². The highest BCUT2D eigenvalue weighted by molar-refractivity contribution is 6.32. The Labute approximate surface area is 304 Å². The summed E-state index contributed by atoms with van der Waals surface area (Å²) in [6, 6.07) is 13.9. The Morgan fingerprint density at radius 3 is 2.45 bits per heavy atom. The number of aliphatic imine (C=N–C) groups is 1. The van der Waals surface area contributed by atoms with Gasteiger partial charge in [-0.2, -0.15) is 0 Å². The number of hydrogen-bond donors (Lipinski definition) is 0. The van der Waals surface area contributed by atoms with Gasteiger partial charge in [0.05, 0.1) is 0 Å². The van der Waals surface area contributed by atoms with Crippen molar-refractivity contribution in [2.24, 2.45) is 4.99 Å². The van der Waals surface area contributed by atoms with E-state index in [4.69, 9.17) is 16.6 Å². The first-order valence-electron chi connectivity index (χ1n) is 19.1. The first-order valence-corrected chi connectivity index (χ1v) is 19.5. The van der Waals surface area contributed by atoms with Gasteiger partial charge in [-0.3, -0.25) is 4.99 Å². The number of anilines is 1. The van der Waals surface area contributed by atoms with Crippen molar-refractivity contribution in [1.82, 2.24) is 0 Å². The predicted octanol–water partition coefficient (Wildman–Crippen LogP) is 13.4. The highest BCUT2D eigenvalue weighted by Crippen LogP contribution is 2.48. The summed E-state index contributed by atoms with van der Waals surface area (Å²) in [5, 5.41) is 0.910. The molecule has 1 aliphatic carbocycles. The van der Waals surface area contributed by atoms with Crippen LogP contribution in [0, 0.1) is 13.8 Å². The molecule has 49 heavy (non-hydrogen) atoms. The third kappa shape index (κ3) is 9.37. The monoisotopic (exact) mass is 678 g/mol. The van der Waals surface area contributed by atoms with Crippen LogP contribution in [0.4, 0.5) is 5.69 Å². The molecule has 0 spiro atoms. The molecule has 0 fully saturated rings. The van der Waals surface area contributed by atoms with E-state index in [0.29, 0.717) is 0 Å². The first-order chi connectivity index (χ1) is 23.4. The normalized spacial score (nSPS) is 18.3. The van der Waals surface area contributed by atoms with Crippen molar-refractivity contribution in [3.05, 3.63) is 123 Å². The molecule has 3 heteroatoms. The molecule has 2 nitrogen and oxygen atoms in total. The molecule has 0 radical (unpaired) electrons. The van der Waals surface area contributed by atoms with Gasteiger partial charge >= 0.3 is 0 Å². The summed E-state index contributed by atoms with van der Waals surface area (Å²) in [6.45, 7) is 24.1. The van der Waals surface area contributed by atoms with Crippen molar-refractivity contribution in [2.45, 2.75) is 137 Å². The molecule has 1 heterocycles. The lowest BCUT2D eigenvalue weighted by Crippen LogP contribution is -2.29. The molecule has 0 N–H and O–H groups in total. The molecule has 0 unspecified atom stereocenters. The van der Waals surface area contributed by atoms with E-state index < -0.39 is 0 Å². The zero-order valence-electron chi connectivity index (χ0n) is 32.0. The summed E-state index contributed by atoms with van der Waals surface area (Å²) >= 11 is 7.28. The molecule has 0 aromatic heterocycles. The third-order valence-corrected chi connectivity index (χ3v) is 11.2. The van der Waals surface area contributed by atoms with Gasteiger partial charge in [-0.15, -0.1) is 6.58 Å². The molecule has 2 aromatic rings. The summed E-state index contributed by atoms with van der Waals surface area (Å²) in [7, 11) is 0. The molecule has 2 aliphatic rings. The van der Waals surface area contributed by atoms with Crippen LogP contribution in [0.25, 0.3) is 0 Å². The highest BCUT2D eigenvalue weighted by Gasteiger charge is 2.39. The first kappa shape index (κ1) is 38.7. The Hall–Kier alpha value is -3.10. The second-order valence-corrected chi connectivity index (χ2v) is 15.7. The molecular weight excluding hydrogens is 616 g/mol. The van der Waals surface area contributed by atoms with Crippen molar-refractivity contribution >= 4 is 23.0 Å². The van der Waals surface area contributed by atoms with Crippen LogP contribution in [-0.2, 0) is 17.3 Å².